The van der Waals surface area contributed by atoms with Gasteiger partial charge in [0.15, 0.2) is 0 Å². The molecule has 0 saturated carbocycles. The van der Waals surface area contributed by atoms with Crippen LogP contribution in [0.15, 0.2) is 42.5 Å². The first-order valence-electron chi connectivity index (χ1n) is 9.84. The summed E-state index contributed by atoms with van der Waals surface area (Å²) in [6.07, 6.45) is 3.29. The molecule has 0 radical (unpaired) electrons. The molecule has 150 valence electrons. The van der Waals surface area contributed by atoms with E-state index in [-0.39, 0.29) is 18.7 Å². The molecule has 6 nitrogen and oxygen atoms in total. The number of rotatable bonds is 5. The number of hydrogen-bond donors (Lipinski definition) is 1. The highest BCUT2D eigenvalue weighted by atomic mass is 19.1. The first kappa shape index (κ1) is 19.1. The molecule has 1 fully saturated rings. The molecule has 4 rings (SSSR count). The molecule has 2 aliphatic heterocycles. The number of anilines is 2. The van der Waals surface area contributed by atoms with Gasteiger partial charge < -0.3 is 10.2 Å². The zero-order valence-electron chi connectivity index (χ0n) is 16.0. The lowest BCUT2D eigenvalue weighted by atomic mass is 10.1. The summed E-state index contributed by atoms with van der Waals surface area (Å²) in [5.41, 5.74) is 1.68. The lowest BCUT2D eigenvalue weighted by molar-refractivity contribution is -0.116. The molecule has 0 aliphatic carbocycles. The van der Waals surface area contributed by atoms with E-state index in [2.05, 4.69) is 10.2 Å². The quantitative estimate of drug-likeness (QED) is 0.788. The summed E-state index contributed by atoms with van der Waals surface area (Å²) in [6, 6.07) is 11.3. The SMILES string of the molecule is O=C(CCN1C(=O)c2ccccc2C1=O)Nc1cc(N2CCCCC2)ccc1F. The van der Waals surface area contributed by atoms with Crippen molar-refractivity contribution in [2.75, 3.05) is 29.9 Å². The van der Waals surface area contributed by atoms with Crippen LogP contribution in [0.1, 0.15) is 46.4 Å². The van der Waals surface area contributed by atoms with E-state index in [1.54, 1.807) is 36.4 Å². The number of hydrogen-bond acceptors (Lipinski definition) is 4. The normalized spacial score (nSPS) is 16.2. The molecule has 29 heavy (non-hydrogen) atoms. The molecule has 3 amide bonds. The first-order valence-corrected chi connectivity index (χ1v) is 9.84. The van der Waals surface area contributed by atoms with Crippen LogP contribution in [-0.4, -0.2) is 42.3 Å². The summed E-state index contributed by atoms with van der Waals surface area (Å²) in [5, 5.41) is 2.57. The van der Waals surface area contributed by atoms with Crippen molar-refractivity contribution in [1.82, 2.24) is 4.90 Å². The van der Waals surface area contributed by atoms with E-state index in [0.717, 1.165) is 36.5 Å². The summed E-state index contributed by atoms with van der Waals surface area (Å²) in [7, 11) is 0. The van der Waals surface area contributed by atoms with Crippen LogP contribution in [0.3, 0.4) is 0 Å². The molecule has 2 heterocycles. The Balaban J connectivity index is 1.39. The number of benzene rings is 2. The van der Waals surface area contributed by atoms with Crippen molar-refractivity contribution < 1.29 is 18.8 Å². The van der Waals surface area contributed by atoms with Crippen LogP contribution in [0, 0.1) is 5.82 Å². The largest absolute Gasteiger partial charge is 0.371 e. The number of halogens is 1. The summed E-state index contributed by atoms with van der Waals surface area (Å²) < 4.78 is 14.2. The molecule has 0 spiro atoms. The van der Waals surface area contributed by atoms with Gasteiger partial charge in [0.1, 0.15) is 5.82 Å². The maximum atomic E-state index is 14.2. The Hall–Kier alpha value is -3.22. The molecular weight excluding hydrogens is 373 g/mol. The number of carbonyl (C=O) groups excluding carboxylic acids is 3. The van der Waals surface area contributed by atoms with Crippen molar-refractivity contribution >= 4 is 29.1 Å². The zero-order chi connectivity index (χ0) is 20.4. The second-order valence-electron chi connectivity index (χ2n) is 7.32. The number of piperidine rings is 1. The topological polar surface area (TPSA) is 69.7 Å². The van der Waals surface area contributed by atoms with E-state index in [9.17, 15) is 18.8 Å². The van der Waals surface area contributed by atoms with Gasteiger partial charge in [-0.1, -0.05) is 12.1 Å². The third kappa shape index (κ3) is 3.85. The smallest absolute Gasteiger partial charge is 0.261 e. The summed E-state index contributed by atoms with van der Waals surface area (Å²) in [4.78, 5) is 40.3. The molecule has 0 bridgehead atoms. The highest BCUT2D eigenvalue weighted by molar-refractivity contribution is 6.21. The number of imide groups is 1. The predicted octanol–water partition coefficient (Wildman–Crippen LogP) is 3.44. The number of nitrogens with zero attached hydrogens (tertiary/aromatic N) is 2. The van der Waals surface area contributed by atoms with Gasteiger partial charge in [0.25, 0.3) is 11.8 Å². The van der Waals surface area contributed by atoms with Crippen molar-refractivity contribution in [2.24, 2.45) is 0 Å². The lowest BCUT2D eigenvalue weighted by Gasteiger charge is -2.29. The van der Waals surface area contributed by atoms with Crippen LogP contribution in [-0.2, 0) is 4.79 Å². The van der Waals surface area contributed by atoms with Crippen LogP contribution in [0.25, 0.3) is 0 Å². The monoisotopic (exact) mass is 395 g/mol. The fourth-order valence-corrected chi connectivity index (χ4v) is 3.83. The molecule has 7 heteroatoms. The van der Waals surface area contributed by atoms with Crippen molar-refractivity contribution in [3.63, 3.8) is 0 Å². The van der Waals surface area contributed by atoms with Gasteiger partial charge in [0.2, 0.25) is 5.91 Å². The maximum absolute atomic E-state index is 14.2. The average Bonchev–Trinajstić information content (AvgIpc) is 2.99. The Bertz CT molecular complexity index is 935. The fraction of sp³-hybridized carbons (Fsp3) is 0.318. The average molecular weight is 395 g/mol. The van der Waals surface area contributed by atoms with Gasteiger partial charge >= 0.3 is 0 Å². The maximum Gasteiger partial charge on any atom is 0.261 e. The molecular formula is C22H22FN3O3. The summed E-state index contributed by atoms with van der Waals surface area (Å²) >= 11 is 0. The Morgan fingerprint density at radius 1 is 0.966 bits per heavy atom. The molecule has 0 atom stereocenters. The van der Waals surface area contributed by atoms with Gasteiger partial charge in [0, 0.05) is 31.7 Å². The van der Waals surface area contributed by atoms with Gasteiger partial charge in [-0.25, -0.2) is 4.39 Å². The molecule has 0 unspecified atom stereocenters. The van der Waals surface area contributed by atoms with E-state index in [4.69, 9.17) is 0 Å². The van der Waals surface area contributed by atoms with Crippen molar-refractivity contribution in [2.45, 2.75) is 25.7 Å². The summed E-state index contributed by atoms with van der Waals surface area (Å²) in [5.74, 6) is -1.77. The van der Waals surface area contributed by atoms with Crippen LogP contribution < -0.4 is 10.2 Å². The highest BCUT2D eigenvalue weighted by Gasteiger charge is 2.35. The van der Waals surface area contributed by atoms with E-state index in [1.807, 2.05) is 0 Å². The molecule has 1 N–H and O–H groups in total. The van der Waals surface area contributed by atoms with Gasteiger partial charge in [-0.2, -0.15) is 0 Å². The minimum absolute atomic E-state index is 0.0500. The van der Waals surface area contributed by atoms with Crippen molar-refractivity contribution in [3.8, 4) is 0 Å². The standard InChI is InChI=1S/C22H22FN3O3/c23-18-9-8-15(25-11-4-1-5-12-25)14-19(18)24-20(27)10-13-26-21(28)16-6-2-3-7-17(16)22(26)29/h2-3,6-9,14H,1,4-5,10-13H2,(H,24,27). The molecule has 2 aromatic rings. The Morgan fingerprint density at radius 2 is 1.62 bits per heavy atom. The lowest BCUT2D eigenvalue weighted by Crippen LogP contribution is -2.33. The number of fused-ring (bicyclic) bond motifs is 1. The second kappa shape index (κ2) is 8.03. The van der Waals surface area contributed by atoms with Crippen LogP contribution >= 0.6 is 0 Å². The minimum Gasteiger partial charge on any atom is -0.371 e. The number of amides is 3. The van der Waals surface area contributed by atoms with E-state index >= 15 is 0 Å². The molecule has 1 saturated heterocycles. The highest BCUT2D eigenvalue weighted by Crippen LogP contribution is 2.26. The fourth-order valence-electron chi connectivity index (χ4n) is 3.83. The van der Waals surface area contributed by atoms with Gasteiger partial charge in [-0.15, -0.1) is 0 Å². The molecule has 2 aromatic carbocycles. The third-order valence-electron chi connectivity index (χ3n) is 5.39. The van der Waals surface area contributed by atoms with E-state index in [1.165, 1.54) is 12.5 Å². The van der Waals surface area contributed by atoms with E-state index < -0.39 is 23.5 Å². The van der Waals surface area contributed by atoms with Crippen LogP contribution in [0.5, 0.6) is 0 Å². The third-order valence-corrected chi connectivity index (χ3v) is 5.39. The number of carbonyl (C=O) groups is 3. The van der Waals surface area contributed by atoms with Crippen molar-refractivity contribution in [1.29, 1.82) is 0 Å². The molecule has 2 aliphatic rings. The van der Waals surface area contributed by atoms with Gasteiger partial charge in [0.05, 0.1) is 16.8 Å². The number of nitrogens with one attached hydrogen (secondary N) is 1. The Kier molecular flexibility index (Phi) is 5.29. The Labute approximate surface area is 168 Å². The second-order valence-corrected chi connectivity index (χ2v) is 7.32. The summed E-state index contributed by atoms with van der Waals surface area (Å²) in [6.45, 7) is 1.78. The molecule has 0 aromatic heterocycles. The van der Waals surface area contributed by atoms with Crippen LogP contribution in [0.4, 0.5) is 15.8 Å². The van der Waals surface area contributed by atoms with Gasteiger partial charge in [-0.05, 0) is 49.6 Å². The van der Waals surface area contributed by atoms with Gasteiger partial charge in [-0.3, -0.25) is 19.3 Å². The predicted molar refractivity (Wildman–Crippen MR) is 108 cm³/mol. The zero-order valence-corrected chi connectivity index (χ0v) is 16.0. The Morgan fingerprint density at radius 3 is 2.28 bits per heavy atom. The van der Waals surface area contributed by atoms with E-state index in [0.29, 0.717) is 11.1 Å². The first-order chi connectivity index (χ1) is 14.0. The van der Waals surface area contributed by atoms with Crippen LogP contribution in [0.2, 0.25) is 0 Å². The van der Waals surface area contributed by atoms with Crippen molar-refractivity contribution in [3.05, 3.63) is 59.4 Å². The minimum atomic E-state index is -0.514.